The Hall–Kier alpha value is -1.64. The first-order chi connectivity index (χ1) is 13.9. The van der Waals surface area contributed by atoms with Crippen LogP contribution in [0.15, 0.2) is 24.3 Å². The molecule has 0 aliphatic carbocycles. The lowest BCUT2D eigenvalue weighted by atomic mass is 9.98. The molecule has 7 nitrogen and oxygen atoms in total. The third kappa shape index (κ3) is 5.71. The molecule has 0 spiro atoms. The lowest BCUT2D eigenvalue weighted by molar-refractivity contribution is -0.135. The minimum atomic E-state index is -3.25. The molecule has 1 atom stereocenters. The number of carbonyl (C=O) groups is 1. The van der Waals surface area contributed by atoms with Gasteiger partial charge < -0.3 is 14.5 Å². The first-order valence-electron chi connectivity index (χ1n) is 10.5. The molecular weight excluding hydrogens is 390 g/mol. The van der Waals surface area contributed by atoms with E-state index in [1.54, 1.807) is 11.9 Å². The molecule has 0 aromatic heterocycles. The molecule has 0 bridgehead atoms. The Bertz CT molecular complexity index is 776. The maximum atomic E-state index is 12.9. The van der Waals surface area contributed by atoms with Crippen LogP contribution in [-0.2, 0) is 26.1 Å². The number of benzene rings is 1. The summed E-state index contributed by atoms with van der Waals surface area (Å²) in [5.74, 6) is -0.0779. The van der Waals surface area contributed by atoms with Crippen molar-refractivity contribution in [2.45, 2.75) is 32.7 Å². The Kier molecular flexibility index (Phi) is 7.54. The summed E-state index contributed by atoms with van der Waals surface area (Å²) in [4.78, 5) is 17.0. The van der Waals surface area contributed by atoms with Gasteiger partial charge in [-0.2, -0.15) is 0 Å². The van der Waals surface area contributed by atoms with Gasteiger partial charge in [-0.3, -0.25) is 4.79 Å². The fourth-order valence-corrected chi connectivity index (χ4v) is 5.67. The van der Waals surface area contributed by atoms with E-state index < -0.39 is 10.0 Å². The van der Waals surface area contributed by atoms with Crippen molar-refractivity contribution < 1.29 is 17.9 Å². The number of nitrogens with zero attached hydrogens (tertiary/aromatic N) is 3. The molecule has 1 aromatic rings. The number of rotatable bonds is 7. The predicted molar refractivity (Wildman–Crippen MR) is 114 cm³/mol. The average Bonchev–Trinajstić information content (AvgIpc) is 2.74. The fraction of sp³-hybridized carbons (Fsp3) is 0.667. The highest BCUT2D eigenvalue weighted by Gasteiger charge is 2.33. The largest absolute Gasteiger partial charge is 0.378 e. The number of morpholine rings is 1. The van der Waals surface area contributed by atoms with Crippen LogP contribution < -0.4 is 4.90 Å². The van der Waals surface area contributed by atoms with Gasteiger partial charge in [0.2, 0.25) is 15.9 Å². The second-order valence-electron chi connectivity index (χ2n) is 7.97. The van der Waals surface area contributed by atoms with Crippen molar-refractivity contribution in [3.63, 3.8) is 0 Å². The van der Waals surface area contributed by atoms with Crippen LogP contribution in [0.3, 0.4) is 0 Å². The van der Waals surface area contributed by atoms with Crippen molar-refractivity contribution in [2.24, 2.45) is 5.92 Å². The molecule has 0 N–H and O–H groups in total. The van der Waals surface area contributed by atoms with Crippen LogP contribution in [-0.4, -0.2) is 75.7 Å². The zero-order valence-electron chi connectivity index (χ0n) is 17.5. The van der Waals surface area contributed by atoms with Gasteiger partial charge in [0.25, 0.3) is 0 Å². The third-order valence-corrected chi connectivity index (χ3v) is 7.74. The van der Waals surface area contributed by atoms with Gasteiger partial charge >= 0.3 is 0 Å². The van der Waals surface area contributed by atoms with Gasteiger partial charge in [-0.25, -0.2) is 12.7 Å². The van der Waals surface area contributed by atoms with E-state index >= 15 is 0 Å². The minimum absolute atomic E-state index is 0.0265. The average molecular weight is 424 g/mol. The number of hydrogen-bond donors (Lipinski definition) is 0. The number of ether oxygens (including phenoxy) is 1. The summed E-state index contributed by atoms with van der Waals surface area (Å²) in [7, 11) is -1.45. The summed E-state index contributed by atoms with van der Waals surface area (Å²) in [5, 5.41) is 0. The molecule has 2 saturated heterocycles. The Labute approximate surface area is 174 Å². The van der Waals surface area contributed by atoms with E-state index in [4.69, 9.17) is 4.74 Å². The summed E-state index contributed by atoms with van der Waals surface area (Å²) in [5.41, 5.74) is 2.25. The molecule has 1 aromatic carbocycles. The van der Waals surface area contributed by atoms with Crippen molar-refractivity contribution in [1.29, 1.82) is 0 Å². The van der Waals surface area contributed by atoms with Crippen LogP contribution in [0.4, 0.5) is 5.69 Å². The Morgan fingerprint density at radius 3 is 2.52 bits per heavy atom. The topological polar surface area (TPSA) is 70.2 Å². The van der Waals surface area contributed by atoms with Crippen LogP contribution >= 0.6 is 0 Å². The molecule has 1 unspecified atom stereocenters. The Balaban J connectivity index is 1.57. The zero-order valence-corrected chi connectivity index (χ0v) is 18.4. The zero-order chi connectivity index (χ0) is 20.9. The van der Waals surface area contributed by atoms with Crippen LogP contribution in [0, 0.1) is 5.92 Å². The van der Waals surface area contributed by atoms with Crippen LogP contribution in [0.2, 0.25) is 0 Å². The molecule has 2 heterocycles. The van der Waals surface area contributed by atoms with Crippen molar-refractivity contribution in [3.05, 3.63) is 29.8 Å². The monoisotopic (exact) mass is 423 g/mol. The molecule has 29 heavy (non-hydrogen) atoms. The van der Waals surface area contributed by atoms with Crippen molar-refractivity contribution in [1.82, 2.24) is 9.21 Å². The fourth-order valence-electron chi connectivity index (χ4n) is 4.08. The third-order valence-electron chi connectivity index (χ3n) is 5.70. The number of amides is 1. The predicted octanol–water partition coefficient (Wildman–Crippen LogP) is 1.93. The highest BCUT2D eigenvalue weighted by Crippen LogP contribution is 2.23. The van der Waals surface area contributed by atoms with Crippen LogP contribution in [0.25, 0.3) is 0 Å². The van der Waals surface area contributed by atoms with Gasteiger partial charge in [-0.1, -0.05) is 19.1 Å². The maximum absolute atomic E-state index is 12.9. The van der Waals surface area contributed by atoms with Gasteiger partial charge in [0.15, 0.2) is 0 Å². The molecule has 2 aliphatic rings. The maximum Gasteiger partial charge on any atom is 0.227 e. The van der Waals surface area contributed by atoms with Crippen molar-refractivity contribution in [2.75, 3.05) is 57.1 Å². The van der Waals surface area contributed by atoms with Gasteiger partial charge in [-0.05, 0) is 37.0 Å². The Morgan fingerprint density at radius 1 is 1.17 bits per heavy atom. The summed E-state index contributed by atoms with van der Waals surface area (Å²) < 4.78 is 31.6. The normalized spacial score (nSPS) is 21.2. The quantitative estimate of drug-likeness (QED) is 0.670. The van der Waals surface area contributed by atoms with E-state index in [1.807, 2.05) is 6.92 Å². The molecule has 8 heteroatoms. The van der Waals surface area contributed by atoms with Gasteiger partial charge in [0.05, 0.1) is 24.9 Å². The van der Waals surface area contributed by atoms with E-state index in [1.165, 1.54) is 9.99 Å². The van der Waals surface area contributed by atoms with Crippen molar-refractivity contribution >= 4 is 21.6 Å². The van der Waals surface area contributed by atoms with Gasteiger partial charge in [0.1, 0.15) is 0 Å². The standard InChI is InChI=1S/C21H33N3O4S/c1-3-15-29(26,27)24-10-4-5-19(17-24)21(25)22(2)16-18-6-8-20(9-7-18)23-11-13-28-14-12-23/h6-9,19H,3-5,10-17H2,1-2H3. The smallest absolute Gasteiger partial charge is 0.227 e. The summed E-state index contributed by atoms with van der Waals surface area (Å²) in [6.07, 6.45) is 2.08. The van der Waals surface area contributed by atoms with E-state index in [2.05, 4.69) is 29.2 Å². The highest BCUT2D eigenvalue weighted by molar-refractivity contribution is 7.89. The number of piperidine rings is 1. The number of carbonyl (C=O) groups excluding carboxylic acids is 1. The highest BCUT2D eigenvalue weighted by atomic mass is 32.2. The molecule has 0 saturated carbocycles. The lowest BCUT2D eigenvalue weighted by Crippen LogP contribution is -2.46. The first-order valence-corrected chi connectivity index (χ1v) is 12.2. The van der Waals surface area contributed by atoms with Crippen LogP contribution in [0.5, 0.6) is 0 Å². The molecule has 0 radical (unpaired) electrons. The molecule has 162 valence electrons. The van der Waals surface area contributed by atoms with Gasteiger partial charge in [-0.15, -0.1) is 0 Å². The lowest BCUT2D eigenvalue weighted by Gasteiger charge is -2.33. The van der Waals surface area contributed by atoms with E-state index in [-0.39, 0.29) is 17.6 Å². The minimum Gasteiger partial charge on any atom is -0.378 e. The molecular formula is C21H33N3O4S. The number of anilines is 1. The second kappa shape index (κ2) is 9.91. The number of sulfonamides is 1. The van der Waals surface area contributed by atoms with Gasteiger partial charge in [0, 0.05) is 45.5 Å². The van der Waals surface area contributed by atoms with Crippen LogP contribution in [0.1, 0.15) is 31.7 Å². The molecule has 2 aliphatic heterocycles. The van der Waals surface area contributed by atoms with E-state index in [9.17, 15) is 13.2 Å². The Morgan fingerprint density at radius 2 is 1.86 bits per heavy atom. The van der Waals surface area contributed by atoms with Crippen molar-refractivity contribution in [3.8, 4) is 0 Å². The number of hydrogen-bond acceptors (Lipinski definition) is 5. The van der Waals surface area contributed by atoms with E-state index in [0.717, 1.165) is 44.7 Å². The van der Waals surface area contributed by atoms with E-state index in [0.29, 0.717) is 26.1 Å². The molecule has 3 rings (SSSR count). The summed E-state index contributed by atoms with van der Waals surface area (Å²) in [6, 6.07) is 8.32. The summed E-state index contributed by atoms with van der Waals surface area (Å²) >= 11 is 0. The first kappa shape index (κ1) is 22.1. The molecule has 1 amide bonds. The SMILES string of the molecule is CCCS(=O)(=O)N1CCCC(C(=O)N(C)Cc2ccc(N3CCOCC3)cc2)C1. The summed E-state index contributed by atoms with van der Waals surface area (Å²) in [6.45, 7) is 6.54. The second-order valence-corrected chi connectivity index (χ2v) is 10.1. The molecule has 2 fully saturated rings.